The zero-order valence-electron chi connectivity index (χ0n) is 10.2. The third kappa shape index (κ3) is 3.22. The molecule has 0 unspecified atom stereocenters. The minimum Gasteiger partial charge on any atom is -0.506 e. The smallest absolute Gasteiger partial charge is 0.248 e. The van der Waals surface area contributed by atoms with Crippen LogP contribution in [0.15, 0.2) is 40.8 Å². The molecule has 1 aromatic heterocycles. The Morgan fingerprint density at radius 1 is 1.37 bits per heavy atom. The Hall–Kier alpha value is -2.56. The van der Waals surface area contributed by atoms with Crippen LogP contribution in [0.2, 0.25) is 0 Å². The highest BCUT2D eigenvalue weighted by molar-refractivity contribution is 6.02. The van der Waals surface area contributed by atoms with Gasteiger partial charge in [-0.05, 0) is 37.3 Å². The lowest BCUT2D eigenvalue weighted by atomic mass is 10.2. The highest BCUT2D eigenvalue weighted by atomic mass is 19.1. The summed E-state index contributed by atoms with van der Waals surface area (Å²) in [7, 11) is 0. The van der Waals surface area contributed by atoms with E-state index in [1.165, 1.54) is 24.3 Å². The molecule has 0 radical (unpaired) electrons. The Morgan fingerprint density at radius 3 is 2.79 bits per heavy atom. The molecule has 0 aliphatic rings. The summed E-state index contributed by atoms with van der Waals surface area (Å²) >= 11 is 0. The van der Waals surface area contributed by atoms with Crippen molar-refractivity contribution in [3.8, 4) is 5.75 Å². The third-order valence-electron chi connectivity index (χ3n) is 2.40. The van der Waals surface area contributed by atoms with Crippen LogP contribution in [-0.2, 0) is 4.79 Å². The van der Waals surface area contributed by atoms with Gasteiger partial charge in [-0.1, -0.05) is 6.07 Å². The second-order valence-corrected chi connectivity index (χ2v) is 3.90. The molecule has 5 heteroatoms. The molecule has 0 aliphatic heterocycles. The van der Waals surface area contributed by atoms with Gasteiger partial charge in [-0.15, -0.1) is 0 Å². The zero-order valence-corrected chi connectivity index (χ0v) is 10.2. The molecule has 1 amide bonds. The predicted octanol–water partition coefficient (Wildman–Crippen LogP) is 3.08. The Kier molecular flexibility index (Phi) is 3.66. The number of phenolic OH excluding ortho intramolecular Hbond substituents is 1. The summed E-state index contributed by atoms with van der Waals surface area (Å²) < 4.78 is 18.6. The number of halogens is 1. The average molecular weight is 261 g/mol. The van der Waals surface area contributed by atoms with E-state index in [1.54, 1.807) is 19.1 Å². The molecule has 4 nitrogen and oxygen atoms in total. The number of aryl methyl sites for hydroxylation is 1. The van der Waals surface area contributed by atoms with Gasteiger partial charge in [-0.25, -0.2) is 4.39 Å². The molecule has 0 spiro atoms. The van der Waals surface area contributed by atoms with Crippen molar-refractivity contribution in [2.75, 3.05) is 5.32 Å². The van der Waals surface area contributed by atoms with E-state index >= 15 is 0 Å². The van der Waals surface area contributed by atoms with E-state index in [0.717, 1.165) is 11.8 Å². The summed E-state index contributed by atoms with van der Waals surface area (Å²) in [5.41, 5.74) is -0.243. The van der Waals surface area contributed by atoms with E-state index in [0.29, 0.717) is 5.76 Å². The molecule has 0 saturated heterocycles. The SMILES string of the molecule is Cc1ccc(/C=C/C(=O)Nc2c(O)cccc2F)o1. The van der Waals surface area contributed by atoms with E-state index in [2.05, 4.69) is 5.32 Å². The normalized spacial score (nSPS) is 10.8. The Bertz CT molecular complexity index is 611. The van der Waals surface area contributed by atoms with Gasteiger partial charge in [0.15, 0.2) is 5.82 Å². The molecule has 0 saturated carbocycles. The van der Waals surface area contributed by atoms with E-state index < -0.39 is 11.7 Å². The lowest BCUT2D eigenvalue weighted by Crippen LogP contribution is -2.09. The van der Waals surface area contributed by atoms with Crippen molar-refractivity contribution in [1.29, 1.82) is 0 Å². The Labute approximate surface area is 109 Å². The van der Waals surface area contributed by atoms with Crippen molar-refractivity contribution in [2.45, 2.75) is 6.92 Å². The summed E-state index contributed by atoms with van der Waals surface area (Å²) in [4.78, 5) is 11.6. The molecule has 2 N–H and O–H groups in total. The summed E-state index contributed by atoms with van der Waals surface area (Å²) in [5.74, 6) is -0.335. The number of para-hydroxylation sites is 1. The molecular formula is C14H12FNO3. The van der Waals surface area contributed by atoms with Gasteiger partial charge in [-0.3, -0.25) is 4.79 Å². The number of hydrogen-bond acceptors (Lipinski definition) is 3. The fourth-order valence-corrected chi connectivity index (χ4v) is 1.50. The molecule has 1 heterocycles. The van der Waals surface area contributed by atoms with Crippen molar-refractivity contribution in [2.24, 2.45) is 0 Å². The number of furan rings is 1. The maximum absolute atomic E-state index is 13.4. The van der Waals surface area contributed by atoms with Crippen LogP contribution < -0.4 is 5.32 Å². The number of hydrogen-bond donors (Lipinski definition) is 2. The molecule has 0 aliphatic carbocycles. The minimum absolute atomic E-state index is 0.243. The number of rotatable bonds is 3. The first kappa shape index (κ1) is 12.9. The number of nitrogens with one attached hydrogen (secondary N) is 1. The van der Waals surface area contributed by atoms with Crippen LogP contribution in [0, 0.1) is 12.7 Å². The van der Waals surface area contributed by atoms with E-state index in [9.17, 15) is 14.3 Å². The number of phenols is 1. The highest BCUT2D eigenvalue weighted by Crippen LogP contribution is 2.25. The minimum atomic E-state index is -0.699. The number of benzene rings is 1. The number of carbonyl (C=O) groups is 1. The van der Waals surface area contributed by atoms with Crippen molar-refractivity contribution in [3.63, 3.8) is 0 Å². The molecule has 1 aromatic carbocycles. The summed E-state index contributed by atoms with van der Waals surface area (Å²) in [6, 6.07) is 7.26. The molecule has 19 heavy (non-hydrogen) atoms. The van der Waals surface area contributed by atoms with Crippen LogP contribution in [0.3, 0.4) is 0 Å². The monoisotopic (exact) mass is 261 g/mol. The summed E-state index contributed by atoms with van der Waals surface area (Å²) in [5, 5.41) is 11.7. The molecule has 2 rings (SSSR count). The molecule has 98 valence electrons. The lowest BCUT2D eigenvalue weighted by molar-refractivity contribution is -0.111. The van der Waals surface area contributed by atoms with Crippen LogP contribution >= 0.6 is 0 Å². The fraction of sp³-hybridized carbons (Fsp3) is 0.0714. The fourth-order valence-electron chi connectivity index (χ4n) is 1.50. The van der Waals surface area contributed by atoms with Gasteiger partial charge >= 0.3 is 0 Å². The highest BCUT2D eigenvalue weighted by Gasteiger charge is 2.09. The number of carbonyl (C=O) groups excluding carboxylic acids is 1. The maximum Gasteiger partial charge on any atom is 0.248 e. The van der Waals surface area contributed by atoms with Gasteiger partial charge in [0, 0.05) is 6.08 Å². The van der Waals surface area contributed by atoms with Gasteiger partial charge in [0.2, 0.25) is 5.91 Å². The number of anilines is 1. The molecule has 0 atom stereocenters. The van der Waals surface area contributed by atoms with E-state index in [1.807, 2.05) is 0 Å². The Balaban J connectivity index is 2.07. The number of amides is 1. The van der Waals surface area contributed by atoms with Crippen LogP contribution in [0.4, 0.5) is 10.1 Å². The zero-order chi connectivity index (χ0) is 13.8. The Morgan fingerprint density at radius 2 is 2.16 bits per heavy atom. The van der Waals surface area contributed by atoms with Gasteiger partial charge in [0.25, 0.3) is 0 Å². The van der Waals surface area contributed by atoms with Crippen molar-refractivity contribution in [1.82, 2.24) is 0 Å². The van der Waals surface area contributed by atoms with Gasteiger partial charge in [0.05, 0.1) is 0 Å². The first-order chi connectivity index (χ1) is 9.06. The largest absolute Gasteiger partial charge is 0.506 e. The molecule has 2 aromatic rings. The standard InChI is InChI=1S/C14H12FNO3/c1-9-5-6-10(19-9)7-8-13(18)16-14-11(15)3-2-4-12(14)17/h2-8,17H,1H3,(H,16,18)/b8-7+. The first-order valence-corrected chi connectivity index (χ1v) is 5.59. The average Bonchev–Trinajstić information content (AvgIpc) is 2.77. The van der Waals surface area contributed by atoms with Crippen molar-refractivity contribution in [3.05, 3.63) is 53.7 Å². The van der Waals surface area contributed by atoms with Crippen LogP contribution in [0.5, 0.6) is 5.75 Å². The molecule has 0 fully saturated rings. The van der Waals surface area contributed by atoms with Crippen LogP contribution in [-0.4, -0.2) is 11.0 Å². The molecular weight excluding hydrogens is 249 g/mol. The van der Waals surface area contributed by atoms with Crippen LogP contribution in [0.1, 0.15) is 11.5 Å². The lowest BCUT2D eigenvalue weighted by Gasteiger charge is -2.05. The van der Waals surface area contributed by atoms with Crippen LogP contribution in [0.25, 0.3) is 6.08 Å². The van der Waals surface area contributed by atoms with E-state index in [4.69, 9.17) is 4.42 Å². The summed E-state index contributed by atoms with van der Waals surface area (Å²) in [6.45, 7) is 1.79. The number of aromatic hydroxyl groups is 1. The first-order valence-electron chi connectivity index (χ1n) is 5.59. The predicted molar refractivity (Wildman–Crippen MR) is 69.2 cm³/mol. The topological polar surface area (TPSA) is 62.5 Å². The van der Waals surface area contributed by atoms with Gasteiger partial charge < -0.3 is 14.8 Å². The van der Waals surface area contributed by atoms with Gasteiger partial charge in [-0.2, -0.15) is 0 Å². The van der Waals surface area contributed by atoms with E-state index in [-0.39, 0.29) is 11.4 Å². The second-order valence-electron chi connectivity index (χ2n) is 3.90. The second kappa shape index (κ2) is 5.39. The quantitative estimate of drug-likeness (QED) is 0.659. The summed E-state index contributed by atoms with van der Waals surface area (Å²) in [6.07, 6.45) is 2.66. The van der Waals surface area contributed by atoms with Crippen molar-refractivity contribution < 1.29 is 18.7 Å². The van der Waals surface area contributed by atoms with Gasteiger partial charge in [0.1, 0.15) is 23.0 Å². The van der Waals surface area contributed by atoms with Crippen molar-refractivity contribution >= 4 is 17.7 Å². The molecule has 0 bridgehead atoms. The maximum atomic E-state index is 13.4. The third-order valence-corrected chi connectivity index (χ3v) is 2.40.